The fraction of sp³-hybridized carbons (Fsp3) is 0.318. The van der Waals surface area contributed by atoms with Crippen LogP contribution in [-0.2, 0) is 9.53 Å². The third-order valence-electron chi connectivity index (χ3n) is 3.36. The van der Waals surface area contributed by atoms with Crippen molar-refractivity contribution in [3.05, 3.63) is 59.7 Å². The highest BCUT2D eigenvalue weighted by molar-refractivity contribution is 5.79. The lowest BCUT2D eigenvalue weighted by atomic mass is 10.1. The van der Waals surface area contributed by atoms with Gasteiger partial charge in [-0.1, -0.05) is 17.9 Å². The standard InChI is InChI=1S/C22H25NO3/c1-21(2,3)26-20(24)22(4,5)25-19-13-11-16(12-14-19)9-10-17-7-6-8-18(23)15-17/h6-8,11-15H,23H2,1-5H3. The number of esters is 1. The first-order valence-corrected chi connectivity index (χ1v) is 8.45. The molecule has 0 radical (unpaired) electrons. The Morgan fingerprint density at radius 3 is 2.12 bits per heavy atom. The molecule has 0 amide bonds. The summed E-state index contributed by atoms with van der Waals surface area (Å²) in [5, 5.41) is 0. The van der Waals surface area contributed by atoms with E-state index in [0.717, 1.165) is 11.1 Å². The second-order valence-electron chi connectivity index (χ2n) is 7.51. The summed E-state index contributed by atoms with van der Waals surface area (Å²) in [6.45, 7) is 8.86. The van der Waals surface area contributed by atoms with Gasteiger partial charge in [-0.3, -0.25) is 0 Å². The summed E-state index contributed by atoms with van der Waals surface area (Å²) in [6.07, 6.45) is 0. The smallest absolute Gasteiger partial charge is 0.350 e. The first-order valence-electron chi connectivity index (χ1n) is 8.45. The molecule has 0 atom stereocenters. The summed E-state index contributed by atoms with van der Waals surface area (Å²) >= 11 is 0. The quantitative estimate of drug-likeness (QED) is 0.512. The number of nitrogens with two attached hydrogens (primary N) is 1. The predicted molar refractivity (Wildman–Crippen MR) is 104 cm³/mol. The first kappa shape index (κ1) is 19.4. The highest BCUT2D eigenvalue weighted by Crippen LogP contribution is 2.22. The Balaban J connectivity index is 2.07. The van der Waals surface area contributed by atoms with E-state index in [1.807, 2.05) is 57.2 Å². The van der Waals surface area contributed by atoms with Gasteiger partial charge in [0.15, 0.2) is 5.60 Å². The fourth-order valence-corrected chi connectivity index (χ4v) is 2.10. The van der Waals surface area contributed by atoms with Crippen molar-refractivity contribution in [1.29, 1.82) is 0 Å². The zero-order chi connectivity index (χ0) is 19.4. The second-order valence-corrected chi connectivity index (χ2v) is 7.51. The molecule has 136 valence electrons. The lowest BCUT2D eigenvalue weighted by Gasteiger charge is -2.29. The van der Waals surface area contributed by atoms with Gasteiger partial charge in [0, 0.05) is 16.8 Å². The lowest BCUT2D eigenvalue weighted by Crippen LogP contribution is -2.43. The number of nitrogen functional groups attached to an aromatic ring is 1. The molecule has 0 aliphatic heterocycles. The summed E-state index contributed by atoms with van der Waals surface area (Å²) in [5.41, 5.74) is 6.49. The minimum Gasteiger partial charge on any atom is -0.476 e. The van der Waals surface area contributed by atoms with Gasteiger partial charge in [-0.2, -0.15) is 0 Å². The number of carbonyl (C=O) groups is 1. The number of rotatable bonds is 3. The Morgan fingerprint density at radius 1 is 0.923 bits per heavy atom. The Bertz CT molecular complexity index is 834. The van der Waals surface area contributed by atoms with E-state index in [2.05, 4.69) is 11.8 Å². The average molecular weight is 351 g/mol. The van der Waals surface area contributed by atoms with Crippen LogP contribution in [0, 0.1) is 11.8 Å². The van der Waals surface area contributed by atoms with Gasteiger partial charge in [-0.25, -0.2) is 4.79 Å². The molecular weight excluding hydrogens is 326 g/mol. The molecule has 0 aromatic heterocycles. The van der Waals surface area contributed by atoms with Crippen LogP contribution < -0.4 is 10.5 Å². The average Bonchev–Trinajstić information content (AvgIpc) is 2.52. The summed E-state index contributed by atoms with van der Waals surface area (Å²) in [6, 6.07) is 14.7. The molecule has 4 heteroatoms. The van der Waals surface area contributed by atoms with Crippen molar-refractivity contribution >= 4 is 11.7 Å². The van der Waals surface area contributed by atoms with Gasteiger partial charge >= 0.3 is 5.97 Å². The molecular formula is C22H25NO3. The van der Waals surface area contributed by atoms with Crippen molar-refractivity contribution in [1.82, 2.24) is 0 Å². The Labute approximate surface area is 155 Å². The topological polar surface area (TPSA) is 61.5 Å². The van der Waals surface area contributed by atoms with Crippen LogP contribution in [0.15, 0.2) is 48.5 Å². The molecule has 0 bridgehead atoms. The Morgan fingerprint density at radius 2 is 1.54 bits per heavy atom. The van der Waals surface area contributed by atoms with E-state index in [4.69, 9.17) is 15.2 Å². The van der Waals surface area contributed by atoms with E-state index in [-0.39, 0.29) is 0 Å². The highest BCUT2D eigenvalue weighted by Gasteiger charge is 2.34. The van der Waals surface area contributed by atoms with Crippen molar-refractivity contribution < 1.29 is 14.3 Å². The zero-order valence-electron chi connectivity index (χ0n) is 15.9. The van der Waals surface area contributed by atoms with E-state index in [1.165, 1.54) is 0 Å². The summed E-state index contributed by atoms with van der Waals surface area (Å²) in [4.78, 5) is 12.3. The van der Waals surface area contributed by atoms with E-state index in [1.54, 1.807) is 26.0 Å². The summed E-state index contributed by atoms with van der Waals surface area (Å²) in [5.74, 6) is 6.32. The van der Waals surface area contributed by atoms with Crippen molar-refractivity contribution in [3.8, 4) is 17.6 Å². The number of benzene rings is 2. The molecule has 0 spiro atoms. The predicted octanol–water partition coefficient (Wildman–Crippen LogP) is 4.17. The van der Waals surface area contributed by atoms with Gasteiger partial charge in [0.25, 0.3) is 0 Å². The third kappa shape index (κ3) is 5.86. The van der Waals surface area contributed by atoms with E-state index >= 15 is 0 Å². The molecule has 4 nitrogen and oxygen atoms in total. The van der Waals surface area contributed by atoms with Crippen molar-refractivity contribution in [2.45, 2.75) is 45.8 Å². The van der Waals surface area contributed by atoms with E-state index < -0.39 is 17.2 Å². The lowest BCUT2D eigenvalue weighted by molar-refractivity contribution is -0.170. The van der Waals surface area contributed by atoms with Gasteiger partial charge in [0.2, 0.25) is 0 Å². The number of hydrogen-bond donors (Lipinski definition) is 1. The van der Waals surface area contributed by atoms with Crippen LogP contribution in [0.4, 0.5) is 5.69 Å². The largest absolute Gasteiger partial charge is 0.476 e. The number of ether oxygens (including phenoxy) is 2. The van der Waals surface area contributed by atoms with Crippen LogP contribution in [0.3, 0.4) is 0 Å². The maximum atomic E-state index is 12.3. The molecule has 2 aromatic rings. The third-order valence-corrected chi connectivity index (χ3v) is 3.36. The van der Waals surface area contributed by atoms with E-state index in [0.29, 0.717) is 11.4 Å². The zero-order valence-corrected chi connectivity index (χ0v) is 15.9. The van der Waals surface area contributed by atoms with Gasteiger partial charge in [0.05, 0.1) is 0 Å². The molecule has 0 saturated heterocycles. The molecule has 0 aliphatic rings. The maximum absolute atomic E-state index is 12.3. The van der Waals surface area contributed by atoms with Crippen LogP contribution in [0.5, 0.6) is 5.75 Å². The fourth-order valence-electron chi connectivity index (χ4n) is 2.10. The van der Waals surface area contributed by atoms with Crippen molar-refractivity contribution in [2.24, 2.45) is 0 Å². The molecule has 2 N–H and O–H groups in total. The SMILES string of the molecule is CC(C)(C)OC(=O)C(C)(C)Oc1ccc(C#Cc2cccc(N)c2)cc1. The van der Waals surface area contributed by atoms with Crippen molar-refractivity contribution in [2.75, 3.05) is 5.73 Å². The molecule has 0 saturated carbocycles. The Hall–Kier alpha value is -2.93. The molecule has 2 rings (SSSR count). The van der Waals surface area contributed by atoms with Gasteiger partial charge in [0.1, 0.15) is 11.4 Å². The van der Waals surface area contributed by atoms with Gasteiger partial charge in [-0.05, 0) is 77.1 Å². The Kier molecular flexibility index (Phi) is 5.62. The number of anilines is 1. The van der Waals surface area contributed by atoms with Gasteiger partial charge < -0.3 is 15.2 Å². The molecule has 0 unspecified atom stereocenters. The summed E-state index contributed by atoms with van der Waals surface area (Å²) < 4.78 is 11.2. The van der Waals surface area contributed by atoms with Crippen LogP contribution >= 0.6 is 0 Å². The molecule has 0 heterocycles. The number of hydrogen-bond acceptors (Lipinski definition) is 4. The normalized spacial score (nSPS) is 11.3. The maximum Gasteiger partial charge on any atom is 0.350 e. The second kappa shape index (κ2) is 7.53. The van der Waals surface area contributed by atoms with Crippen LogP contribution in [0.1, 0.15) is 45.7 Å². The highest BCUT2D eigenvalue weighted by atomic mass is 16.6. The first-order chi connectivity index (χ1) is 12.0. The molecule has 0 fully saturated rings. The number of carbonyl (C=O) groups excluding carboxylic acids is 1. The minimum atomic E-state index is -1.08. The van der Waals surface area contributed by atoms with Crippen LogP contribution in [-0.4, -0.2) is 17.2 Å². The van der Waals surface area contributed by atoms with Crippen LogP contribution in [0.2, 0.25) is 0 Å². The molecule has 2 aromatic carbocycles. The van der Waals surface area contributed by atoms with Crippen LogP contribution in [0.25, 0.3) is 0 Å². The summed E-state index contributed by atoms with van der Waals surface area (Å²) in [7, 11) is 0. The van der Waals surface area contributed by atoms with Gasteiger partial charge in [-0.15, -0.1) is 0 Å². The van der Waals surface area contributed by atoms with E-state index in [9.17, 15) is 4.79 Å². The minimum absolute atomic E-state index is 0.407. The molecule has 0 aliphatic carbocycles. The molecule has 26 heavy (non-hydrogen) atoms. The monoisotopic (exact) mass is 351 g/mol. The van der Waals surface area contributed by atoms with Crippen molar-refractivity contribution in [3.63, 3.8) is 0 Å².